The summed E-state index contributed by atoms with van der Waals surface area (Å²) in [5, 5.41) is 31.9. The summed E-state index contributed by atoms with van der Waals surface area (Å²) in [7, 11) is 0. The number of aliphatic hydroxyl groups is 2. The van der Waals surface area contributed by atoms with E-state index in [-0.39, 0.29) is 13.1 Å². The number of likely N-dealkylation sites (tertiary alicyclic amines) is 1. The van der Waals surface area contributed by atoms with Crippen molar-refractivity contribution in [3.8, 4) is 11.8 Å². The Morgan fingerprint density at radius 1 is 0.975 bits per heavy atom. The fourth-order valence-corrected chi connectivity index (χ4v) is 5.10. The maximum absolute atomic E-state index is 12.8. The van der Waals surface area contributed by atoms with E-state index in [1.807, 2.05) is 82.3 Å². The quantitative estimate of drug-likeness (QED) is 0.423. The van der Waals surface area contributed by atoms with Crippen LogP contribution < -0.4 is 0 Å². The minimum absolute atomic E-state index is 0.288. The summed E-state index contributed by atoms with van der Waals surface area (Å²) in [6.45, 7) is 13.9. The van der Waals surface area contributed by atoms with Crippen LogP contribution >= 0.6 is 0 Å². The van der Waals surface area contributed by atoms with Gasteiger partial charge >= 0.3 is 6.09 Å². The Kier molecular flexibility index (Phi) is 7.81. The van der Waals surface area contributed by atoms with E-state index in [4.69, 9.17) is 4.74 Å². The lowest BCUT2D eigenvalue weighted by atomic mass is 9.62. The van der Waals surface area contributed by atoms with Crippen molar-refractivity contribution in [1.82, 2.24) is 15.1 Å². The molecule has 4 rings (SSSR count). The first-order chi connectivity index (χ1) is 18.6. The van der Waals surface area contributed by atoms with Gasteiger partial charge in [0.1, 0.15) is 22.5 Å². The number of carbonyl (C=O) groups excluding carboxylic acids is 1. The highest BCUT2D eigenvalue weighted by Crippen LogP contribution is 2.50. The SMILES string of the molecule is CC(C)c1ccc(C(O)(c2cnnc(C#CC(C)(O)c3ccccc3)c2)C2(C)CN(C(=O)OC(C)(C)C)C2)cc1. The van der Waals surface area contributed by atoms with Gasteiger partial charge in [-0.2, -0.15) is 5.10 Å². The van der Waals surface area contributed by atoms with Crippen molar-refractivity contribution in [2.45, 2.75) is 71.2 Å². The molecule has 2 unspecified atom stereocenters. The Hall–Kier alpha value is -3.73. The van der Waals surface area contributed by atoms with E-state index in [9.17, 15) is 15.0 Å². The Bertz CT molecular complexity index is 1410. The number of carbonyl (C=O) groups is 1. The summed E-state index contributed by atoms with van der Waals surface area (Å²) in [6.07, 6.45) is 1.13. The fourth-order valence-electron chi connectivity index (χ4n) is 5.10. The molecule has 2 aromatic carbocycles. The van der Waals surface area contributed by atoms with Gasteiger partial charge in [-0.05, 0) is 62.3 Å². The molecule has 1 aliphatic rings. The Morgan fingerprint density at radius 3 is 2.17 bits per heavy atom. The van der Waals surface area contributed by atoms with Gasteiger partial charge in [-0.15, -0.1) is 5.10 Å². The number of nitrogens with zero attached hydrogens (tertiary/aromatic N) is 3. The Morgan fingerprint density at radius 2 is 1.60 bits per heavy atom. The van der Waals surface area contributed by atoms with Gasteiger partial charge < -0.3 is 19.8 Å². The molecule has 1 aliphatic heterocycles. The molecule has 0 saturated carbocycles. The Balaban J connectivity index is 1.72. The Labute approximate surface area is 237 Å². The van der Waals surface area contributed by atoms with E-state index in [1.54, 1.807) is 17.9 Å². The number of aromatic nitrogens is 2. The number of hydrogen-bond acceptors (Lipinski definition) is 6. The first kappa shape index (κ1) is 29.3. The maximum atomic E-state index is 12.8. The van der Waals surface area contributed by atoms with Crippen LogP contribution in [0.4, 0.5) is 4.79 Å². The van der Waals surface area contributed by atoms with Crippen LogP contribution in [-0.4, -0.2) is 50.1 Å². The van der Waals surface area contributed by atoms with E-state index in [2.05, 4.69) is 35.9 Å². The minimum atomic E-state index is -1.50. The lowest BCUT2D eigenvalue weighted by molar-refractivity contribution is -0.131. The monoisotopic (exact) mass is 541 g/mol. The predicted octanol–water partition coefficient (Wildman–Crippen LogP) is 5.35. The molecule has 2 N–H and O–H groups in total. The maximum Gasteiger partial charge on any atom is 0.410 e. The lowest BCUT2D eigenvalue weighted by Gasteiger charge is -2.56. The van der Waals surface area contributed by atoms with Gasteiger partial charge in [0, 0.05) is 24.1 Å². The van der Waals surface area contributed by atoms with Gasteiger partial charge in [-0.3, -0.25) is 0 Å². The van der Waals surface area contributed by atoms with E-state index in [0.717, 1.165) is 5.56 Å². The highest BCUT2D eigenvalue weighted by molar-refractivity contribution is 5.70. The highest BCUT2D eigenvalue weighted by Gasteiger charge is 2.58. The number of hydrogen-bond donors (Lipinski definition) is 2. The van der Waals surface area contributed by atoms with Crippen molar-refractivity contribution in [1.29, 1.82) is 0 Å². The van der Waals surface area contributed by atoms with Crippen LogP contribution in [0.25, 0.3) is 0 Å². The van der Waals surface area contributed by atoms with Crippen molar-refractivity contribution in [3.05, 3.63) is 94.8 Å². The van der Waals surface area contributed by atoms with Crippen LogP contribution in [0.3, 0.4) is 0 Å². The van der Waals surface area contributed by atoms with Crippen LogP contribution in [-0.2, 0) is 15.9 Å². The minimum Gasteiger partial charge on any atom is -0.444 e. The van der Waals surface area contributed by atoms with Crippen LogP contribution in [0, 0.1) is 17.3 Å². The van der Waals surface area contributed by atoms with E-state index < -0.39 is 28.3 Å². The molecule has 0 aliphatic carbocycles. The average Bonchev–Trinajstić information content (AvgIpc) is 2.89. The van der Waals surface area contributed by atoms with Crippen molar-refractivity contribution in [2.24, 2.45) is 5.41 Å². The predicted molar refractivity (Wildman–Crippen MR) is 154 cm³/mol. The number of rotatable bonds is 5. The van der Waals surface area contributed by atoms with E-state index >= 15 is 0 Å². The summed E-state index contributed by atoms with van der Waals surface area (Å²) in [6, 6.07) is 18.8. The molecule has 2 atom stereocenters. The zero-order valence-electron chi connectivity index (χ0n) is 24.4. The molecule has 0 bridgehead atoms. The summed E-state index contributed by atoms with van der Waals surface area (Å²) in [5.41, 5.74) is -0.924. The molecule has 40 heavy (non-hydrogen) atoms. The summed E-state index contributed by atoms with van der Waals surface area (Å²) in [5.74, 6) is 6.17. The zero-order valence-corrected chi connectivity index (χ0v) is 24.4. The van der Waals surface area contributed by atoms with Crippen molar-refractivity contribution in [2.75, 3.05) is 13.1 Å². The van der Waals surface area contributed by atoms with E-state index in [0.29, 0.717) is 28.3 Å². The van der Waals surface area contributed by atoms with Gasteiger partial charge in [0.2, 0.25) is 0 Å². The smallest absolute Gasteiger partial charge is 0.410 e. The number of amides is 1. The second-order valence-electron chi connectivity index (χ2n) is 12.4. The van der Waals surface area contributed by atoms with Crippen molar-refractivity contribution in [3.63, 3.8) is 0 Å². The third-order valence-electron chi connectivity index (χ3n) is 7.44. The molecular weight excluding hydrogens is 502 g/mol. The average molecular weight is 542 g/mol. The van der Waals surface area contributed by atoms with E-state index in [1.165, 1.54) is 6.20 Å². The molecular formula is C33H39N3O4. The normalized spacial score (nSPS) is 17.6. The molecule has 0 spiro atoms. The van der Waals surface area contributed by atoms with Gasteiger partial charge in [0.05, 0.1) is 6.20 Å². The molecule has 1 aromatic heterocycles. The van der Waals surface area contributed by atoms with Crippen molar-refractivity contribution < 1.29 is 19.7 Å². The lowest BCUT2D eigenvalue weighted by Crippen LogP contribution is -2.66. The third-order valence-corrected chi connectivity index (χ3v) is 7.44. The zero-order chi connectivity index (χ0) is 29.3. The van der Waals surface area contributed by atoms with Crippen LogP contribution in [0.5, 0.6) is 0 Å². The van der Waals surface area contributed by atoms with Gasteiger partial charge in [0.25, 0.3) is 0 Å². The molecule has 2 heterocycles. The second-order valence-corrected chi connectivity index (χ2v) is 12.4. The molecule has 210 valence electrons. The summed E-state index contributed by atoms with van der Waals surface area (Å²) >= 11 is 0. The molecule has 7 nitrogen and oxygen atoms in total. The van der Waals surface area contributed by atoms with Gasteiger partial charge in [0.15, 0.2) is 0 Å². The highest BCUT2D eigenvalue weighted by atomic mass is 16.6. The summed E-state index contributed by atoms with van der Waals surface area (Å²) < 4.78 is 5.56. The van der Waals surface area contributed by atoms with Crippen molar-refractivity contribution >= 4 is 6.09 Å². The van der Waals surface area contributed by atoms with Crippen LogP contribution in [0.2, 0.25) is 0 Å². The molecule has 0 radical (unpaired) electrons. The molecule has 3 aromatic rings. The van der Waals surface area contributed by atoms with Crippen LogP contribution in [0.15, 0.2) is 66.9 Å². The first-order valence-corrected chi connectivity index (χ1v) is 13.6. The van der Waals surface area contributed by atoms with Gasteiger partial charge in [-0.1, -0.05) is 81.3 Å². The number of benzene rings is 2. The largest absolute Gasteiger partial charge is 0.444 e. The van der Waals surface area contributed by atoms with Crippen LogP contribution in [0.1, 0.15) is 82.3 Å². The fraction of sp³-hybridized carbons (Fsp3) is 0.424. The molecule has 1 fully saturated rings. The topological polar surface area (TPSA) is 95.8 Å². The second kappa shape index (κ2) is 10.7. The number of ether oxygens (including phenoxy) is 1. The van der Waals surface area contributed by atoms with Gasteiger partial charge in [-0.25, -0.2) is 4.79 Å². The standard InChI is InChI=1S/C33H39N3O4/c1-23(2)24-13-15-26(16-14-24)33(39,31(6)21-36(22-31)29(37)40-30(3,4)5)27-19-28(35-34-20-27)17-18-32(7,38)25-11-9-8-10-12-25/h8-16,19-20,23,38-39H,21-22H2,1-7H3. The third kappa shape index (κ3) is 5.89. The summed E-state index contributed by atoms with van der Waals surface area (Å²) in [4.78, 5) is 14.4. The molecule has 7 heteroatoms. The molecule has 1 saturated heterocycles. The first-order valence-electron chi connectivity index (χ1n) is 13.6. The molecule has 1 amide bonds.